The van der Waals surface area contributed by atoms with Crippen LogP contribution in [0, 0.1) is 0 Å². The normalized spacial score (nSPS) is 18.4. The van der Waals surface area contributed by atoms with E-state index < -0.39 is 5.60 Å². The molecule has 0 unspecified atom stereocenters. The van der Waals surface area contributed by atoms with E-state index in [1.54, 1.807) is 25.3 Å². The molecule has 2 aromatic carbocycles. The molecule has 3 aromatic rings. The fourth-order valence-electron chi connectivity index (χ4n) is 3.98. The molecule has 3 heterocycles. The molecule has 1 aromatic heterocycles. The van der Waals surface area contributed by atoms with Crippen LogP contribution in [0.2, 0.25) is 0 Å². The van der Waals surface area contributed by atoms with Crippen molar-refractivity contribution in [1.29, 1.82) is 0 Å². The summed E-state index contributed by atoms with van der Waals surface area (Å²) in [5.74, 6) is 1.46. The van der Waals surface area contributed by atoms with Gasteiger partial charge in [0.25, 0.3) is 6.01 Å². The number of aromatic nitrogens is 1. The van der Waals surface area contributed by atoms with Crippen molar-refractivity contribution in [3.05, 3.63) is 48.0 Å². The summed E-state index contributed by atoms with van der Waals surface area (Å²) < 4.78 is 17.5. The largest absolute Gasteiger partial charge is 0.497 e. The highest BCUT2D eigenvalue weighted by Gasteiger charge is 2.43. The Balaban J connectivity index is 1.37. The summed E-state index contributed by atoms with van der Waals surface area (Å²) in [5, 5.41) is 0. The van der Waals surface area contributed by atoms with Crippen molar-refractivity contribution in [2.24, 2.45) is 0 Å². The van der Waals surface area contributed by atoms with Gasteiger partial charge in [0, 0.05) is 32.0 Å². The molecule has 2 aliphatic rings. The molecule has 1 spiro atoms. The summed E-state index contributed by atoms with van der Waals surface area (Å²) in [6.45, 7) is 1.47. The number of ketones is 1. The Labute approximate surface area is 156 Å². The van der Waals surface area contributed by atoms with E-state index in [4.69, 9.17) is 13.9 Å². The first-order valence-electron chi connectivity index (χ1n) is 9.17. The van der Waals surface area contributed by atoms with E-state index in [0.29, 0.717) is 29.5 Å². The van der Waals surface area contributed by atoms with Gasteiger partial charge in [-0.15, -0.1) is 0 Å². The molecule has 0 aliphatic carbocycles. The number of Topliss-reactive ketones (excluding diaryl/α,β-unsaturated/α-hetero) is 1. The van der Waals surface area contributed by atoms with Crippen molar-refractivity contribution in [1.82, 2.24) is 4.98 Å². The first-order chi connectivity index (χ1) is 13.2. The average molecular weight is 364 g/mol. The summed E-state index contributed by atoms with van der Waals surface area (Å²) in [4.78, 5) is 19.4. The second-order valence-corrected chi connectivity index (χ2v) is 7.20. The summed E-state index contributed by atoms with van der Waals surface area (Å²) >= 11 is 0. The van der Waals surface area contributed by atoms with Crippen molar-refractivity contribution in [2.45, 2.75) is 24.9 Å². The molecule has 1 saturated heterocycles. The third-order valence-corrected chi connectivity index (χ3v) is 5.53. The highest BCUT2D eigenvalue weighted by Crippen LogP contribution is 2.41. The van der Waals surface area contributed by atoms with Crippen LogP contribution in [-0.4, -0.2) is 36.6 Å². The number of piperidine rings is 1. The van der Waals surface area contributed by atoms with Crippen LogP contribution in [-0.2, 0) is 0 Å². The number of hydrogen-bond acceptors (Lipinski definition) is 6. The molecular formula is C21H20N2O4. The van der Waals surface area contributed by atoms with Crippen LogP contribution < -0.4 is 14.4 Å². The van der Waals surface area contributed by atoms with Crippen molar-refractivity contribution in [3.63, 3.8) is 0 Å². The van der Waals surface area contributed by atoms with Gasteiger partial charge < -0.3 is 18.8 Å². The SMILES string of the molecule is COc1ccc2c(c1)OC1(CCN(c3nc4ccccc4o3)CC1)CC2=O. The van der Waals surface area contributed by atoms with Crippen LogP contribution in [0.15, 0.2) is 46.9 Å². The van der Waals surface area contributed by atoms with E-state index in [1.165, 1.54) is 0 Å². The zero-order valence-corrected chi connectivity index (χ0v) is 15.1. The molecule has 27 heavy (non-hydrogen) atoms. The molecule has 138 valence electrons. The first kappa shape index (κ1) is 16.2. The van der Waals surface area contributed by atoms with Gasteiger partial charge in [0.05, 0.1) is 19.1 Å². The van der Waals surface area contributed by atoms with Gasteiger partial charge in [-0.05, 0) is 24.3 Å². The second kappa shape index (κ2) is 6.01. The molecule has 6 heteroatoms. The fourth-order valence-corrected chi connectivity index (χ4v) is 3.98. The van der Waals surface area contributed by atoms with Gasteiger partial charge in [0.15, 0.2) is 11.4 Å². The zero-order chi connectivity index (χ0) is 18.4. The van der Waals surface area contributed by atoms with Crippen molar-refractivity contribution in [3.8, 4) is 11.5 Å². The number of fused-ring (bicyclic) bond motifs is 2. The minimum atomic E-state index is -0.459. The number of oxazole rings is 1. The van der Waals surface area contributed by atoms with Crippen molar-refractivity contribution in [2.75, 3.05) is 25.1 Å². The van der Waals surface area contributed by atoms with Gasteiger partial charge >= 0.3 is 0 Å². The monoisotopic (exact) mass is 364 g/mol. The molecule has 0 radical (unpaired) electrons. The van der Waals surface area contributed by atoms with E-state index in [2.05, 4.69) is 9.88 Å². The third kappa shape index (κ3) is 2.72. The summed E-state index contributed by atoms with van der Waals surface area (Å²) in [7, 11) is 1.61. The average Bonchev–Trinajstić information content (AvgIpc) is 3.12. The lowest BCUT2D eigenvalue weighted by Crippen LogP contribution is -2.51. The molecule has 1 fully saturated rings. The Morgan fingerprint density at radius 1 is 1.15 bits per heavy atom. The van der Waals surface area contributed by atoms with Gasteiger partial charge in [-0.3, -0.25) is 4.79 Å². The lowest BCUT2D eigenvalue weighted by atomic mass is 9.82. The van der Waals surface area contributed by atoms with Crippen LogP contribution in [0.3, 0.4) is 0 Å². The van der Waals surface area contributed by atoms with Crippen LogP contribution >= 0.6 is 0 Å². The second-order valence-electron chi connectivity index (χ2n) is 7.20. The fraction of sp³-hybridized carbons (Fsp3) is 0.333. The van der Waals surface area contributed by atoms with Crippen LogP contribution in [0.4, 0.5) is 6.01 Å². The van der Waals surface area contributed by atoms with Gasteiger partial charge in [0.1, 0.15) is 22.6 Å². The molecule has 0 N–H and O–H groups in total. The predicted molar refractivity (Wildman–Crippen MR) is 101 cm³/mol. The van der Waals surface area contributed by atoms with Crippen LogP contribution in [0.25, 0.3) is 11.1 Å². The van der Waals surface area contributed by atoms with E-state index in [9.17, 15) is 4.79 Å². The quantitative estimate of drug-likeness (QED) is 0.688. The maximum Gasteiger partial charge on any atom is 0.298 e. The molecule has 0 saturated carbocycles. The molecule has 5 rings (SSSR count). The summed E-state index contributed by atoms with van der Waals surface area (Å²) in [6.07, 6.45) is 1.90. The maximum absolute atomic E-state index is 12.7. The number of hydrogen-bond donors (Lipinski definition) is 0. The molecule has 0 atom stereocenters. The number of benzene rings is 2. The zero-order valence-electron chi connectivity index (χ0n) is 15.1. The highest BCUT2D eigenvalue weighted by atomic mass is 16.5. The number of nitrogens with zero attached hydrogens (tertiary/aromatic N) is 2. The maximum atomic E-state index is 12.7. The smallest absolute Gasteiger partial charge is 0.298 e. The summed E-state index contributed by atoms with van der Waals surface area (Å²) in [6, 6.07) is 13.8. The Morgan fingerprint density at radius 2 is 1.96 bits per heavy atom. The minimum absolute atomic E-state index is 0.134. The van der Waals surface area contributed by atoms with E-state index in [1.807, 2.05) is 24.3 Å². The van der Waals surface area contributed by atoms with Gasteiger partial charge in [0.2, 0.25) is 0 Å². The molecular weight excluding hydrogens is 344 g/mol. The summed E-state index contributed by atoms with van der Waals surface area (Å²) in [5.41, 5.74) is 1.83. The number of para-hydroxylation sites is 2. The number of anilines is 1. The predicted octanol–water partition coefficient (Wildman–Crippen LogP) is 3.84. The topological polar surface area (TPSA) is 64.8 Å². The Hall–Kier alpha value is -3.02. The standard InChI is InChI=1S/C21H20N2O4/c1-25-14-6-7-15-17(24)13-21(27-19(15)12-14)8-10-23(11-9-21)20-22-16-4-2-3-5-18(16)26-20/h2-7,12H,8-11,13H2,1H3. The lowest BCUT2D eigenvalue weighted by molar-refractivity contribution is 0.0225. The minimum Gasteiger partial charge on any atom is -0.497 e. The van der Waals surface area contributed by atoms with Gasteiger partial charge in [-0.1, -0.05) is 12.1 Å². The number of carbonyl (C=O) groups excluding carboxylic acids is 1. The van der Waals surface area contributed by atoms with Crippen LogP contribution in [0.1, 0.15) is 29.6 Å². The molecule has 2 aliphatic heterocycles. The number of methoxy groups -OCH3 is 1. The lowest BCUT2D eigenvalue weighted by Gasteiger charge is -2.43. The Bertz CT molecular complexity index is 985. The third-order valence-electron chi connectivity index (χ3n) is 5.53. The van der Waals surface area contributed by atoms with Gasteiger partial charge in [-0.25, -0.2) is 0 Å². The van der Waals surface area contributed by atoms with Crippen LogP contribution in [0.5, 0.6) is 11.5 Å². The Morgan fingerprint density at radius 3 is 2.74 bits per heavy atom. The molecule has 0 bridgehead atoms. The Kier molecular flexibility index (Phi) is 3.60. The van der Waals surface area contributed by atoms with Crippen molar-refractivity contribution < 1.29 is 18.7 Å². The number of rotatable bonds is 2. The van der Waals surface area contributed by atoms with Crippen molar-refractivity contribution >= 4 is 22.9 Å². The highest BCUT2D eigenvalue weighted by molar-refractivity contribution is 6.00. The first-order valence-corrected chi connectivity index (χ1v) is 9.17. The van der Waals surface area contributed by atoms with Gasteiger partial charge in [-0.2, -0.15) is 4.98 Å². The van der Waals surface area contributed by atoms with E-state index in [-0.39, 0.29) is 5.78 Å². The number of ether oxygens (including phenoxy) is 2. The van der Waals surface area contributed by atoms with E-state index in [0.717, 1.165) is 37.0 Å². The molecule has 0 amide bonds. The van der Waals surface area contributed by atoms with E-state index >= 15 is 0 Å². The molecule has 6 nitrogen and oxygen atoms in total. The number of carbonyl (C=O) groups is 1.